The van der Waals surface area contributed by atoms with Gasteiger partial charge in [0.1, 0.15) is 5.82 Å². The molecule has 7 heteroatoms. The highest BCUT2D eigenvalue weighted by molar-refractivity contribution is 5.85. The van der Waals surface area contributed by atoms with E-state index in [9.17, 15) is 9.18 Å². The molecule has 0 aliphatic carbocycles. The number of carbonyl (C=O) groups excluding carboxylic acids is 1. The van der Waals surface area contributed by atoms with Crippen molar-refractivity contribution in [1.82, 2.24) is 10.2 Å². The molecule has 3 rings (SSSR count). The molecule has 4 nitrogen and oxygen atoms in total. The van der Waals surface area contributed by atoms with Crippen LogP contribution in [0.2, 0.25) is 0 Å². The second-order valence-corrected chi connectivity index (χ2v) is 5.41. The van der Waals surface area contributed by atoms with E-state index < -0.39 is 0 Å². The first-order valence-electron chi connectivity index (χ1n) is 7.27. The van der Waals surface area contributed by atoms with Gasteiger partial charge in [-0.2, -0.15) is 0 Å². The van der Waals surface area contributed by atoms with Crippen molar-refractivity contribution < 1.29 is 9.18 Å². The van der Waals surface area contributed by atoms with Crippen LogP contribution in [0.3, 0.4) is 0 Å². The molecule has 2 aliphatic heterocycles. The lowest BCUT2D eigenvalue weighted by Gasteiger charge is -2.37. The van der Waals surface area contributed by atoms with Gasteiger partial charge in [-0.25, -0.2) is 4.39 Å². The Morgan fingerprint density at radius 2 is 1.82 bits per heavy atom. The molecule has 0 aromatic heterocycles. The number of amides is 1. The number of hydrogen-bond donors (Lipinski definition) is 1. The molecule has 0 unspecified atom stereocenters. The molecule has 1 N–H and O–H groups in total. The van der Waals surface area contributed by atoms with E-state index >= 15 is 0 Å². The Balaban J connectivity index is 0.00000121. The topological polar surface area (TPSA) is 35.6 Å². The van der Waals surface area contributed by atoms with Crippen LogP contribution in [-0.2, 0) is 4.79 Å². The lowest BCUT2D eigenvalue weighted by atomic mass is 10.1. The van der Waals surface area contributed by atoms with E-state index in [0.717, 1.165) is 19.4 Å². The van der Waals surface area contributed by atoms with Gasteiger partial charge in [-0.1, -0.05) is 12.1 Å². The predicted octanol–water partition coefficient (Wildman–Crippen LogP) is 2.07. The molecule has 22 heavy (non-hydrogen) atoms. The monoisotopic (exact) mass is 349 g/mol. The van der Waals surface area contributed by atoms with Crippen molar-refractivity contribution >= 4 is 36.4 Å². The van der Waals surface area contributed by atoms with E-state index in [4.69, 9.17) is 0 Å². The van der Waals surface area contributed by atoms with E-state index in [0.29, 0.717) is 31.9 Å². The van der Waals surface area contributed by atoms with Crippen molar-refractivity contribution in [2.75, 3.05) is 37.6 Å². The maximum absolute atomic E-state index is 13.7. The van der Waals surface area contributed by atoms with Crippen LogP contribution in [0.1, 0.15) is 12.8 Å². The Bertz CT molecular complexity index is 489. The summed E-state index contributed by atoms with van der Waals surface area (Å²) in [6.45, 7) is 3.67. The van der Waals surface area contributed by atoms with Gasteiger partial charge in [-0.3, -0.25) is 4.79 Å². The Hall–Kier alpha value is -1.04. The molecular formula is C15H22Cl2FN3O. The van der Waals surface area contributed by atoms with E-state index in [1.807, 2.05) is 15.9 Å². The van der Waals surface area contributed by atoms with E-state index in [1.165, 1.54) is 6.07 Å². The predicted molar refractivity (Wildman–Crippen MR) is 90.7 cm³/mol. The summed E-state index contributed by atoms with van der Waals surface area (Å²) in [5, 5.41) is 3.24. The highest BCUT2D eigenvalue weighted by Crippen LogP contribution is 2.20. The van der Waals surface area contributed by atoms with Gasteiger partial charge in [0.25, 0.3) is 0 Å². The quantitative estimate of drug-likeness (QED) is 0.887. The fraction of sp³-hybridized carbons (Fsp3) is 0.533. The van der Waals surface area contributed by atoms with Crippen molar-refractivity contribution in [3.8, 4) is 0 Å². The van der Waals surface area contributed by atoms with Gasteiger partial charge in [-0.15, -0.1) is 24.8 Å². The summed E-state index contributed by atoms with van der Waals surface area (Å²) < 4.78 is 13.7. The van der Waals surface area contributed by atoms with Gasteiger partial charge < -0.3 is 15.1 Å². The average molecular weight is 350 g/mol. The van der Waals surface area contributed by atoms with Crippen LogP contribution in [0.5, 0.6) is 0 Å². The smallest absolute Gasteiger partial charge is 0.239 e. The molecule has 1 aromatic carbocycles. The molecular weight excluding hydrogens is 328 g/mol. The number of rotatable bonds is 2. The minimum Gasteiger partial charge on any atom is -0.366 e. The summed E-state index contributed by atoms with van der Waals surface area (Å²) in [5.41, 5.74) is 0.638. The van der Waals surface area contributed by atoms with Crippen LogP contribution in [-0.4, -0.2) is 49.6 Å². The lowest BCUT2D eigenvalue weighted by Crippen LogP contribution is -2.53. The number of piperazine rings is 1. The molecule has 2 aliphatic rings. The second-order valence-electron chi connectivity index (χ2n) is 5.41. The van der Waals surface area contributed by atoms with Crippen molar-refractivity contribution in [1.29, 1.82) is 0 Å². The Kier molecular flexibility index (Phi) is 7.39. The fourth-order valence-corrected chi connectivity index (χ4v) is 2.99. The van der Waals surface area contributed by atoms with Crippen LogP contribution < -0.4 is 10.2 Å². The van der Waals surface area contributed by atoms with Gasteiger partial charge >= 0.3 is 0 Å². The molecule has 2 saturated heterocycles. The first-order valence-corrected chi connectivity index (χ1v) is 7.27. The van der Waals surface area contributed by atoms with E-state index in [-0.39, 0.29) is 42.6 Å². The minimum absolute atomic E-state index is 0. The highest BCUT2D eigenvalue weighted by Gasteiger charge is 2.29. The van der Waals surface area contributed by atoms with E-state index in [2.05, 4.69) is 5.32 Å². The molecule has 2 fully saturated rings. The van der Waals surface area contributed by atoms with Gasteiger partial charge in [0.15, 0.2) is 0 Å². The zero-order valence-corrected chi connectivity index (χ0v) is 14.0. The van der Waals surface area contributed by atoms with Crippen molar-refractivity contribution in [3.63, 3.8) is 0 Å². The highest BCUT2D eigenvalue weighted by atomic mass is 35.5. The first-order chi connectivity index (χ1) is 9.75. The van der Waals surface area contributed by atoms with E-state index in [1.54, 1.807) is 12.1 Å². The molecule has 124 valence electrons. The van der Waals surface area contributed by atoms with Crippen molar-refractivity contribution in [2.24, 2.45) is 0 Å². The molecule has 0 saturated carbocycles. The average Bonchev–Trinajstić information content (AvgIpc) is 3.01. The number of para-hydroxylation sites is 1. The number of nitrogens with zero attached hydrogens (tertiary/aromatic N) is 2. The van der Waals surface area contributed by atoms with Crippen LogP contribution in [0.4, 0.5) is 10.1 Å². The van der Waals surface area contributed by atoms with Crippen molar-refractivity contribution in [2.45, 2.75) is 18.9 Å². The minimum atomic E-state index is -0.190. The van der Waals surface area contributed by atoms with Crippen LogP contribution in [0.15, 0.2) is 24.3 Å². The first kappa shape index (κ1) is 19.0. The zero-order chi connectivity index (χ0) is 13.9. The SMILES string of the molecule is Cl.Cl.O=C([C@@H]1CCCN1)N1CCN(c2ccccc2F)CC1. The largest absolute Gasteiger partial charge is 0.366 e. The zero-order valence-electron chi connectivity index (χ0n) is 12.3. The Morgan fingerprint density at radius 3 is 2.41 bits per heavy atom. The molecule has 1 atom stereocenters. The molecule has 0 bridgehead atoms. The number of nitrogens with one attached hydrogen (secondary N) is 1. The molecule has 0 radical (unpaired) electrons. The molecule has 2 heterocycles. The fourth-order valence-electron chi connectivity index (χ4n) is 2.99. The lowest BCUT2D eigenvalue weighted by molar-refractivity contribution is -0.133. The number of benzene rings is 1. The third kappa shape index (κ3) is 4.03. The second kappa shape index (κ2) is 8.56. The number of hydrogen-bond acceptors (Lipinski definition) is 3. The van der Waals surface area contributed by atoms with Gasteiger partial charge in [0.2, 0.25) is 5.91 Å². The van der Waals surface area contributed by atoms with Gasteiger partial charge in [-0.05, 0) is 31.5 Å². The molecule has 1 amide bonds. The standard InChI is InChI=1S/C15H20FN3O.2ClH/c16-12-4-1-2-6-14(12)18-8-10-19(11-9-18)15(20)13-5-3-7-17-13;;/h1-2,4,6,13,17H,3,5,7-11H2;2*1H/t13-;;/m0../s1. The van der Waals surface area contributed by atoms with Crippen LogP contribution in [0, 0.1) is 5.82 Å². The summed E-state index contributed by atoms with van der Waals surface area (Å²) in [5.74, 6) is 0.0143. The van der Waals surface area contributed by atoms with Crippen LogP contribution >= 0.6 is 24.8 Å². The Labute approximate surface area is 142 Å². The Morgan fingerprint density at radius 1 is 1.14 bits per heavy atom. The van der Waals surface area contributed by atoms with Gasteiger partial charge in [0, 0.05) is 26.2 Å². The maximum Gasteiger partial charge on any atom is 0.239 e. The van der Waals surface area contributed by atoms with Gasteiger partial charge in [0.05, 0.1) is 11.7 Å². The van der Waals surface area contributed by atoms with Crippen molar-refractivity contribution in [3.05, 3.63) is 30.1 Å². The molecule has 0 spiro atoms. The normalized spacial score (nSPS) is 21.0. The number of halogens is 3. The summed E-state index contributed by atoms with van der Waals surface area (Å²) in [4.78, 5) is 16.2. The summed E-state index contributed by atoms with van der Waals surface area (Å²) in [6, 6.07) is 6.82. The molecule has 1 aromatic rings. The summed E-state index contributed by atoms with van der Waals surface area (Å²) in [7, 11) is 0. The summed E-state index contributed by atoms with van der Waals surface area (Å²) in [6.07, 6.45) is 2.01. The van der Waals surface area contributed by atoms with Crippen LogP contribution in [0.25, 0.3) is 0 Å². The number of anilines is 1. The third-order valence-corrected chi connectivity index (χ3v) is 4.14. The maximum atomic E-state index is 13.7. The third-order valence-electron chi connectivity index (χ3n) is 4.14. The number of carbonyl (C=O) groups is 1. The summed E-state index contributed by atoms with van der Waals surface area (Å²) >= 11 is 0.